The SMILES string of the molecule is O=CC1(CC2CCC2)CCCC1. The first-order chi connectivity index (χ1) is 5.85. The molecule has 0 aromatic rings. The average molecular weight is 166 g/mol. The fourth-order valence-corrected chi connectivity index (χ4v) is 2.72. The summed E-state index contributed by atoms with van der Waals surface area (Å²) in [7, 11) is 0. The fraction of sp³-hybridized carbons (Fsp3) is 0.909. The Kier molecular flexibility index (Phi) is 2.20. The van der Waals surface area contributed by atoms with E-state index < -0.39 is 0 Å². The number of aldehydes is 1. The summed E-state index contributed by atoms with van der Waals surface area (Å²) in [6.07, 6.45) is 11.6. The van der Waals surface area contributed by atoms with Crippen molar-refractivity contribution >= 4 is 6.29 Å². The highest BCUT2D eigenvalue weighted by Gasteiger charge is 2.37. The van der Waals surface area contributed by atoms with Crippen LogP contribution < -0.4 is 0 Å². The fourth-order valence-electron chi connectivity index (χ4n) is 2.72. The lowest BCUT2D eigenvalue weighted by atomic mass is 9.71. The van der Waals surface area contributed by atoms with Gasteiger partial charge in [-0.15, -0.1) is 0 Å². The lowest BCUT2D eigenvalue weighted by Crippen LogP contribution is -2.25. The molecule has 0 aliphatic heterocycles. The van der Waals surface area contributed by atoms with Crippen molar-refractivity contribution in [2.45, 2.75) is 51.4 Å². The molecule has 0 bridgehead atoms. The minimum absolute atomic E-state index is 0.130. The standard InChI is InChI=1S/C11H18O/c12-9-11(6-1-2-7-11)8-10-4-3-5-10/h9-10H,1-8H2. The molecular formula is C11H18O. The molecule has 1 nitrogen and oxygen atoms in total. The minimum Gasteiger partial charge on any atom is -0.303 e. The zero-order valence-corrected chi connectivity index (χ0v) is 7.72. The quantitative estimate of drug-likeness (QED) is 0.589. The van der Waals surface area contributed by atoms with E-state index in [-0.39, 0.29) is 5.41 Å². The van der Waals surface area contributed by atoms with E-state index in [4.69, 9.17) is 0 Å². The topological polar surface area (TPSA) is 17.1 Å². The van der Waals surface area contributed by atoms with Gasteiger partial charge >= 0.3 is 0 Å². The van der Waals surface area contributed by atoms with Crippen LogP contribution in [0, 0.1) is 11.3 Å². The summed E-state index contributed by atoms with van der Waals surface area (Å²) in [4.78, 5) is 11.0. The molecule has 68 valence electrons. The van der Waals surface area contributed by atoms with Crippen LogP contribution in [0.25, 0.3) is 0 Å². The van der Waals surface area contributed by atoms with Crippen molar-refractivity contribution in [2.75, 3.05) is 0 Å². The van der Waals surface area contributed by atoms with Crippen molar-refractivity contribution < 1.29 is 4.79 Å². The third kappa shape index (κ3) is 1.41. The van der Waals surface area contributed by atoms with Gasteiger partial charge in [-0.3, -0.25) is 0 Å². The minimum atomic E-state index is 0.130. The second-order valence-electron chi connectivity index (χ2n) is 4.69. The maximum atomic E-state index is 11.0. The van der Waals surface area contributed by atoms with E-state index in [1.807, 2.05) is 0 Å². The van der Waals surface area contributed by atoms with Crippen LogP contribution in [0.15, 0.2) is 0 Å². The molecule has 0 unspecified atom stereocenters. The first-order valence-corrected chi connectivity index (χ1v) is 5.31. The number of hydrogen-bond donors (Lipinski definition) is 0. The van der Waals surface area contributed by atoms with Gasteiger partial charge < -0.3 is 4.79 Å². The van der Waals surface area contributed by atoms with Crippen LogP contribution in [-0.4, -0.2) is 6.29 Å². The molecule has 2 rings (SSSR count). The van der Waals surface area contributed by atoms with Gasteiger partial charge in [-0.2, -0.15) is 0 Å². The van der Waals surface area contributed by atoms with E-state index in [1.165, 1.54) is 57.7 Å². The summed E-state index contributed by atoms with van der Waals surface area (Å²) < 4.78 is 0. The Balaban J connectivity index is 1.91. The first kappa shape index (κ1) is 8.28. The van der Waals surface area contributed by atoms with Gasteiger partial charge in [0.1, 0.15) is 6.29 Å². The summed E-state index contributed by atoms with van der Waals surface area (Å²) in [5, 5.41) is 0. The van der Waals surface area contributed by atoms with Gasteiger partial charge in [0.05, 0.1) is 0 Å². The second-order valence-corrected chi connectivity index (χ2v) is 4.69. The molecule has 0 aromatic carbocycles. The van der Waals surface area contributed by atoms with E-state index in [0.717, 1.165) is 5.92 Å². The summed E-state index contributed by atoms with van der Waals surface area (Å²) >= 11 is 0. The van der Waals surface area contributed by atoms with Gasteiger partial charge in [-0.25, -0.2) is 0 Å². The third-order valence-electron chi connectivity index (χ3n) is 3.77. The van der Waals surface area contributed by atoms with Gasteiger partial charge in [0, 0.05) is 5.41 Å². The Morgan fingerprint density at radius 3 is 2.25 bits per heavy atom. The zero-order chi connectivity index (χ0) is 8.44. The highest BCUT2D eigenvalue weighted by molar-refractivity contribution is 5.59. The molecule has 0 aromatic heterocycles. The average Bonchev–Trinajstić information content (AvgIpc) is 2.46. The molecule has 12 heavy (non-hydrogen) atoms. The summed E-state index contributed by atoms with van der Waals surface area (Å²) in [6.45, 7) is 0. The highest BCUT2D eigenvalue weighted by Crippen LogP contribution is 2.45. The van der Waals surface area contributed by atoms with Gasteiger partial charge in [-0.1, -0.05) is 32.1 Å². The van der Waals surface area contributed by atoms with E-state index in [1.54, 1.807) is 0 Å². The van der Waals surface area contributed by atoms with Crippen molar-refractivity contribution in [1.29, 1.82) is 0 Å². The second kappa shape index (κ2) is 3.20. The smallest absolute Gasteiger partial charge is 0.126 e. The van der Waals surface area contributed by atoms with Crippen molar-refractivity contribution in [1.82, 2.24) is 0 Å². The molecular weight excluding hydrogens is 148 g/mol. The van der Waals surface area contributed by atoms with Gasteiger partial charge in [0.25, 0.3) is 0 Å². The Hall–Kier alpha value is -0.330. The Morgan fingerprint density at radius 2 is 1.83 bits per heavy atom. The normalized spacial score (nSPS) is 28.3. The molecule has 0 N–H and O–H groups in total. The molecule has 2 saturated carbocycles. The number of rotatable bonds is 3. The molecule has 0 amide bonds. The molecule has 2 aliphatic carbocycles. The number of carbonyl (C=O) groups is 1. The number of hydrogen-bond acceptors (Lipinski definition) is 1. The van der Waals surface area contributed by atoms with Crippen molar-refractivity contribution in [3.05, 3.63) is 0 Å². The van der Waals surface area contributed by atoms with Crippen LogP contribution >= 0.6 is 0 Å². The summed E-state index contributed by atoms with van der Waals surface area (Å²) in [5.74, 6) is 0.897. The van der Waals surface area contributed by atoms with Gasteiger partial charge in [0.15, 0.2) is 0 Å². The Bertz CT molecular complexity index is 164. The molecule has 0 spiro atoms. The molecule has 1 heteroatoms. The highest BCUT2D eigenvalue weighted by atomic mass is 16.1. The van der Waals surface area contributed by atoms with E-state index in [0.29, 0.717) is 0 Å². The van der Waals surface area contributed by atoms with Crippen LogP contribution in [-0.2, 0) is 4.79 Å². The van der Waals surface area contributed by atoms with Gasteiger partial charge in [0.2, 0.25) is 0 Å². The van der Waals surface area contributed by atoms with Gasteiger partial charge in [-0.05, 0) is 25.2 Å². The third-order valence-corrected chi connectivity index (χ3v) is 3.77. The number of carbonyl (C=O) groups excluding carboxylic acids is 1. The molecule has 0 heterocycles. The molecule has 0 saturated heterocycles. The maximum absolute atomic E-state index is 11.0. The summed E-state index contributed by atoms with van der Waals surface area (Å²) in [6, 6.07) is 0. The predicted molar refractivity (Wildman–Crippen MR) is 48.9 cm³/mol. The van der Waals surface area contributed by atoms with Crippen LogP contribution in [0.5, 0.6) is 0 Å². The maximum Gasteiger partial charge on any atom is 0.126 e. The zero-order valence-electron chi connectivity index (χ0n) is 7.72. The largest absolute Gasteiger partial charge is 0.303 e. The van der Waals surface area contributed by atoms with Crippen molar-refractivity contribution in [2.24, 2.45) is 11.3 Å². The Labute approximate surface area is 74.5 Å². The van der Waals surface area contributed by atoms with Crippen LogP contribution in [0.2, 0.25) is 0 Å². The van der Waals surface area contributed by atoms with Crippen molar-refractivity contribution in [3.63, 3.8) is 0 Å². The predicted octanol–water partition coefficient (Wildman–Crippen LogP) is 2.94. The summed E-state index contributed by atoms with van der Waals surface area (Å²) in [5.41, 5.74) is 0.130. The van der Waals surface area contributed by atoms with Crippen LogP contribution in [0.1, 0.15) is 51.4 Å². The van der Waals surface area contributed by atoms with E-state index in [9.17, 15) is 4.79 Å². The molecule has 2 fully saturated rings. The van der Waals surface area contributed by atoms with Crippen LogP contribution in [0.4, 0.5) is 0 Å². The molecule has 0 radical (unpaired) electrons. The monoisotopic (exact) mass is 166 g/mol. The van der Waals surface area contributed by atoms with E-state index in [2.05, 4.69) is 0 Å². The van der Waals surface area contributed by atoms with Crippen molar-refractivity contribution in [3.8, 4) is 0 Å². The lowest BCUT2D eigenvalue weighted by molar-refractivity contribution is -0.117. The Morgan fingerprint density at radius 1 is 1.17 bits per heavy atom. The molecule has 0 atom stereocenters. The molecule has 2 aliphatic rings. The van der Waals surface area contributed by atoms with E-state index >= 15 is 0 Å². The first-order valence-electron chi connectivity index (χ1n) is 5.31. The van der Waals surface area contributed by atoms with Crippen LogP contribution in [0.3, 0.4) is 0 Å². The lowest BCUT2D eigenvalue weighted by Gasteiger charge is -2.33.